The molecule has 3 aromatic rings. The van der Waals surface area contributed by atoms with Crippen molar-refractivity contribution in [3.05, 3.63) is 134 Å². The van der Waals surface area contributed by atoms with E-state index in [9.17, 15) is 19.7 Å². The number of nitro groups is 1. The SMILES string of the molecule is COc1ccc([C@H]2CC(C3=C(c4ccccc4)[C@H]4C=C([N+](=O)[O-])C=C[C@@H]4NC3=O)=NN2C(=O)c2ccccc2Br)cc1OC. The van der Waals surface area contributed by atoms with Crippen LogP contribution in [-0.4, -0.2) is 47.7 Å². The lowest BCUT2D eigenvalue weighted by Crippen LogP contribution is -2.47. The molecule has 0 fully saturated rings. The Labute approximate surface area is 261 Å². The highest BCUT2D eigenvalue weighted by molar-refractivity contribution is 9.10. The number of hydrazone groups is 1. The summed E-state index contributed by atoms with van der Waals surface area (Å²) in [4.78, 5) is 39.2. The highest BCUT2D eigenvalue weighted by Gasteiger charge is 2.43. The normalized spacial score (nSPS) is 20.8. The first-order valence-corrected chi connectivity index (χ1v) is 14.6. The van der Waals surface area contributed by atoms with Crippen molar-refractivity contribution in [2.75, 3.05) is 14.2 Å². The van der Waals surface area contributed by atoms with Crippen LogP contribution in [0.3, 0.4) is 0 Å². The number of ether oxygens (including phenoxy) is 2. The molecule has 6 rings (SSSR count). The summed E-state index contributed by atoms with van der Waals surface area (Å²) in [5.74, 6) is -0.233. The lowest BCUT2D eigenvalue weighted by Gasteiger charge is -2.34. The molecule has 0 bridgehead atoms. The molecule has 0 unspecified atom stereocenters. The summed E-state index contributed by atoms with van der Waals surface area (Å²) in [6.45, 7) is 0. The van der Waals surface area contributed by atoms with Gasteiger partial charge in [-0.2, -0.15) is 5.10 Å². The fourth-order valence-corrected chi connectivity index (χ4v) is 6.32. The number of nitrogens with zero attached hydrogens (tertiary/aromatic N) is 3. The molecule has 44 heavy (non-hydrogen) atoms. The smallest absolute Gasteiger partial charge is 0.275 e. The third-order valence-electron chi connectivity index (χ3n) is 7.94. The average molecular weight is 656 g/mol. The summed E-state index contributed by atoms with van der Waals surface area (Å²) < 4.78 is 11.6. The number of hydrogen-bond acceptors (Lipinski definition) is 7. The van der Waals surface area contributed by atoms with Gasteiger partial charge in [0.05, 0.1) is 48.1 Å². The third kappa shape index (κ3) is 5.19. The number of methoxy groups -OCH3 is 2. The van der Waals surface area contributed by atoms with E-state index >= 15 is 0 Å². The predicted molar refractivity (Wildman–Crippen MR) is 168 cm³/mol. The van der Waals surface area contributed by atoms with Gasteiger partial charge in [-0.15, -0.1) is 0 Å². The number of benzene rings is 3. The predicted octanol–water partition coefficient (Wildman–Crippen LogP) is 5.71. The van der Waals surface area contributed by atoms with E-state index in [2.05, 4.69) is 21.2 Å². The number of carbonyl (C=O) groups is 2. The molecule has 2 amide bonds. The number of allylic oxidation sites excluding steroid dienone is 1. The fraction of sp³-hybridized carbons (Fsp3) is 0.182. The monoisotopic (exact) mass is 654 g/mol. The van der Waals surface area contributed by atoms with Gasteiger partial charge < -0.3 is 14.8 Å². The first-order valence-electron chi connectivity index (χ1n) is 13.8. The van der Waals surface area contributed by atoms with Crippen molar-refractivity contribution >= 4 is 39.0 Å². The molecule has 3 aliphatic rings. The van der Waals surface area contributed by atoms with E-state index in [-0.39, 0.29) is 23.9 Å². The van der Waals surface area contributed by atoms with Crippen LogP contribution in [0, 0.1) is 16.0 Å². The Balaban J connectivity index is 1.53. The molecule has 11 heteroatoms. The quantitative estimate of drug-likeness (QED) is 0.257. The number of hydrogen-bond donors (Lipinski definition) is 1. The first kappa shape index (κ1) is 29.1. The van der Waals surface area contributed by atoms with E-state index < -0.39 is 22.9 Å². The number of fused-ring (bicyclic) bond motifs is 1. The van der Waals surface area contributed by atoms with Gasteiger partial charge in [0, 0.05) is 29.0 Å². The largest absolute Gasteiger partial charge is 0.493 e. The van der Waals surface area contributed by atoms with Crippen molar-refractivity contribution in [2.45, 2.75) is 18.5 Å². The molecule has 222 valence electrons. The molecule has 0 radical (unpaired) electrons. The van der Waals surface area contributed by atoms with Crippen molar-refractivity contribution in [3.63, 3.8) is 0 Å². The summed E-state index contributed by atoms with van der Waals surface area (Å²) in [5.41, 5.74) is 3.12. The van der Waals surface area contributed by atoms with Gasteiger partial charge in [0.1, 0.15) is 0 Å². The minimum Gasteiger partial charge on any atom is -0.493 e. The van der Waals surface area contributed by atoms with Crippen LogP contribution in [0.5, 0.6) is 11.5 Å². The molecule has 0 saturated heterocycles. The molecule has 2 heterocycles. The number of halogens is 1. The minimum absolute atomic E-state index is 0.0579. The molecule has 3 aromatic carbocycles. The molecular formula is C33H27BrN4O6. The zero-order chi connectivity index (χ0) is 31.0. The maximum Gasteiger partial charge on any atom is 0.275 e. The van der Waals surface area contributed by atoms with E-state index in [0.717, 1.165) is 11.1 Å². The zero-order valence-electron chi connectivity index (χ0n) is 23.8. The molecule has 3 atom stereocenters. The van der Waals surface area contributed by atoms with Crippen LogP contribution in [-0.2, 0) is 4.79 Å². The van der Waals surface area contributed by atoms with Crippen molar-refractivity contribution in [1.29, 1.82) is 0 Å². The van der Waals surface area contributed by atoms with Gasteiger partial charge in [0.2, 0.25) is 0 Å². The van der Waals surface area contributed by atoms with Crippen LogP contribution < -0.4 is 14.8 Å². The number of amides is 2. The van der Waals surface area contributed by atoms with E-state index in [1.165, 1.54) is 18.2 Å². The molecule has 0 aromatic heterocycles. The van der Waals surface area contributed by atoms with Crippen LogP contribution in [0.1, 0.15) is 33.9 Å². The molecule has 2 aliphatic heterocycles. The topological polar surface area (TPSA) is 123 Å². The van der Waals surface area contributed by atoms with Crippen LogP contribution in [0.15, 0.2) is 112 Å². The molecule has 10 nitrogen and oxygen atoms in total. The van der Waals surface area contributed by atoms with Gasteiger partial charge in [-0.25, -0.2) is 5.01 Å². The second-order valence-corrected chi connectivity index (χ2v) is 11.3. The third-order valence-corrected chi connectivity index (χ3v) is 8.63. The van der Waals surface area contributed by atoms with E-state index in [1.807, 2.05) is 42.5 Å². The Hall–Kier alpha value is -5.03. The molecule has 1 N–H and O–H groups in total. The lowest BCUT2D eigenvalue weighted by molar-refractivity contribution is -0.419. The maximum atomic E-state index is 14.1. The van der Waals surface area contributed by atoms with Gasteiger partial charge >= 0.3 is 0 Å². The highest BCUT2D eigenvalue weighted by Crippen LogP contribution is 2.43. The van der Waals surface area contributed by atoms with Gasteiger partial charge in [0.15, 0.2) is 11.5 Å². The van der Waals surface area contributed by atoms with Crippen molar-refractivity contribution < 1.29 is 24.0 Å². The number of nitrogens with one attached hydrogen (secondary N) is 1. The Kier molecular flexibility index (Phi) is 7.88. The van der Waals surface area contributed by atoms with Crippen LogP contribution >= 0.6 is 15.9 Å². The van der Waals surface area contributed by atoms with E-state index in [1.54, 1.807) is 49.6 Å². The minimum atomic E-state index is -0.587. The van der Waals surface area contributed by atoms with Gasteiger partial charge in [-0.05, 0) is 56.9 Å². The Bertz CT molecular complexity index is 1800. The van der Waals surface area contributed by atoms with Crippen molar-refractivity contribution in [3.8, 4) is 11.5 Å². The fourth-order valence-electron chi connectivity index (χ4n) is 5.87. The Morgan fingerprint density at radius 3 is 2.48 bits per heavy atom. The molecular weight excluding hydrogens is 628 g/mol. The summed E-state index contributed by atoms with van der Waals surface area (Å²) in [7, 11) is 3.08. The second kappa shape index (κ2) is 11.9. The first-order chi connectivity index (χ1) is 21.3. The second-order valence-electron chi connectivity index (χ2n) is 10.4. The standard InChI is InChI=1S/C33H27BrN4O6/c1-43-28-15-12-20(16-29(28)44-2)27-18-26(36-37(27)33(40)22-10-6-7-11-24(22)34)31-30(19-8-4-3-5-9-19)23-17-21(38(41)42)13-14-25(23)35-32(31)39/h3-17,23,25,27H,18H2,1-2H3,(H,35,39)/t23-,25-,27+/m0/s1. The summed E-state index contributed by atoms with van der Waals surface area (Å²) >= 11 is 3.48. The van der Waals surface area contributed by atoms with Crippen LogP contribution in [0.4, 0.5) is 0 Å². The van der Waals surface area contributed by atoms with Gasteiger partial charge in [0.25, 0.3) is 17.5 Å². The zero-order valence-corrected chi connectivity index (χ0v) is 25.4. The van der Waals surface area contributed by atoms with Gasteiger partial charge in [-0.1, -0.05) is 54.6 Å². The van der Waals surface area contributed by atoms with E-state index in [0.29, 0.717) is 38.4 Å². The number of carbonyl (C=O) groups excluding carboxylic acids is 2. The average Bonchev–Trinajstić information content (AvgIpc) is 3.48. The molecule has 1 aliphatic carbocycles. The summed E-state index contributed by atoms with van der Waals surface area (Å²) in [6, 6.07) is 20.7. The Morgan fingerprint density at radius 1 is 1.05 bits per heavy atom. The van der Waals surface area contributed by atoms with Crippen LogP contribution in [0.2, 0.25) is 0 Å². The molecule has 0 spiro atoms. The lowest BCUT2D eigenvalue weighted by atomic mass is 9.76. The Morgan fingerprint density at radius 2 is 1.77 bits per heavy atom. The molecule has 0 saturated carbocycles. The summed E-state index contributed by atoms with van der Waals surface area (Å²) in [6.07, 6.45) is 4.83. The van der Waals surface area contributed by atoms with E-state index in [4.69, 9.17) is 14.6 Å². The maximum absolute atomic E-state index is 14.1. The highest BCUT2D eigenvalue weighted by atomic mass is 79.9. The van der Waals surface area contributed by atoms with Gasteiger partial charge in [-0.3, -0.25) is 19.7 Å². The van der Waals surface area contributed by atoms with Crippen LogP contribution in [0.25, 0.3) is 5.57 Å². The van der Waals surface area contributed by atoms with Crippen molar-refractivity contribution in [2.24, 2.45) is 11.0 Å². The summed E-state index contributed by atoms with van der Waals surface area (Å²) in [5, 5.41) is 21.0. The number of rotatable bonds is 7. The van der Waals surface area contributed by atoms with Crippen molar-refractivity contribution in [1.82, 2.24) is 10.3 Å².